The average molecular weight is 256 g/mol. The fourth-order valence-corrected chi connectivity index (χ4v) is 2.39. The van der Waals surface area contributed by atoms with Crippen LogP contribution in [0.4, 0.5) is 0 Å². The number of hydrogen-bond donors (Lipinski definition) is 1. The molecule has 1 nitrogen and oxygen atoms in total. The number of aliphatic hydroxyl groups excluding tert-OH is 1. The molecule has 0 bridgehead atoms. The third kappa shape index (κ3) is 4.03. The van der Waals surface area contributed by atoms with Crippen molar-refractivity contribution in [3.05, 3.63) is 57.8 Å². The van der Waals surface area contributed by atoms with Crippen molar-refractivity contribution in [2.75, 3.05) is 0 Å². The fraction of sp³-hybridized carbons (Fsp3) is 0.250. The predicted molar refractivity (Wildman–Crippen MR) is 76.5 cm³/mol. The molecule has 18 heavy (non-hydrogen) atoms. The minimum Gasteiger partial charge on any atom is -0.391 e. The van der Waals surface area contributed by atoms with Gasteiger partial charge < -0.3 is 5.11 Å². The van der Waals surface area contributed by atoms with E-state index in [1.165, 1.54) is 5.56 Å². The first-order valence-corrected chi connectivity index (χ1v) is 6.97. The summed E-state index contributed by atoms with van der Waals surface area (Å²) in [7, 11) is 0. The summed E-state index contributed by atoms with van der Waals surface area (Å²) >= 11 is 1.56. The Morgan fingerprint density at radius 2 is 2.00 bits per heavy atom. The molecule has 1 aromatic heterocycles. The number of benzene rings is 1. The van der Waals surface area contributed by atoms with Gasteiger partial charge >= 0.3 is 0 Å². The van der Waals surface area contributed by atoms with Crippen LogP contribution in [0.5, 0.6) is 0 Å². The van der Waals surface area contributed by atoms with E-state index in [0.29, 0.717) is 0 Å². The van der Waals surface area contributed by atoms with Crippen molar-refractivity contribution in [3.63, 3.8) is 0 Å². The lowest BCUT2D eigenvalue weighted by Crippen LogP contribution is -1.83. The third-order valence-electron chi connectivity index (χ3n) is 2.65. The monoisotopic (exact) mass is 256 g/mol. The van der Waals surface area contributed by atoms with Gasteiger partial charge in [-0.05, 0) is 24.5 Å². The molecule has 0 saturated carbocycles. The van der Waals surface area contributed by atoms with Crippen LogP contribution in [0.1, 0.15) is 28.8 Å². The first kappa shape index (κ1) is 12.9. The van der Waals surface area contributed by atoms with Crippen LogP contribution in [0.25, 0.3) is 0 Å². The molecule has 2 rings (SSSR count). The SMILES string of the molecule is OCc1cc(C#CCCCc2ccccc2)cs1. The quantitative estimate of drug-likeness (QED) is 0.654. The molecular weight excluding hydrogens is 240 g/mol. The number of aliphatic hydroxyl groups is 1. The second-order valence-corrected chi connectivity index (χ2v) is 5.10. The van der Waals surface area contributed by atoms with E-state index in [1.54, 1.807) is 11.3 Å². The maximum absolute atomic E-state index is 8.95. The smallest absolute Gasteiger partial charge is 0.0774 e. The summed E-state index contributed by atoms with van der Waals surface area (Å²) < 4.78 is 0. The maximum Gasteiger partial charge on any atom is 0.0774 e. The minimum absolute atomic E-state index is 0.111. The molecule has 0 fully saturated rings. The van der Waals surface area contributed by atoms with Crippen LogP contribution in [0.3, 0.4) is 0 Å². The molecule has 0 saturated heterocycles. The standard InChI is InChI=1S/C16H16OS/c17-12-16-11-15(13-18-16)10-6-2-5-9-14-7-3-1-4-8-14/h1,3-4,7-8,11,13,17H,2,5,9,12H2. The van der Waals surface area contributed by atoms with E-state index in [2.05, 4.69) is 36.1 Å². The zero-order valence-electron chi connectivity index (χ0n) is 10.2. The van der Waals surface area contributed by atoms with Crippen LogP contribution in [0.2, 0.25) is 0 Å². The van der Waals surface area contributed by atoms with E-state index in [0.717, 1.165) is 29.7 Å². The summed E-state index contributed by atoms with van der Waals surface area (Å²) in [6, 6.07) is 12.4. The van der Waals surface area contributed by atoms with Crippen LogP contribution in [-0.2, 0) is 13.0 Å². The molecule has 0 unspecified atom stereocenters. The van der Waals surface area contributed by atoms with Gasteiger partial charge in [0.15, 0.2) is 0 Å². The zero-order valence-corrected chi connectivity index (χ0v) is 11.0. The van der Waals surface area contributed by atoms with Crippen molar-refractivity contribution in [1.82, 2.24) is 0 Å². The van der Waals surface area contributed by atoms with Gasteiger partial charge in [-0.2, -0.15) is 0 Å². The van der Waals surface area contributed by atoms with Gasteiger partial charge in [0.2, 0.25) is 0 Å². The first-order chi connectivity index (χ1) is 8.88. The molecule has 1 aromatic carbocycles. The molecule has 0 atom stereocenters. The van der Waals surface area contributed by atoms with Gasteiger partial charge in [-0.15, -0.1) is 11.3 Å². The number of thiophene rings is 1. The lowest BCUT2D eigenvalue weighted by molar-refractivity contribution is 0.285. The first-order valence-electron chi connectivity index (χ1n) is 6.09. The molecule has 0 amide bonds. The van der Waals surface area contributed by atoms with Crippen LogP contribution in [-0.4, -0.2) is 5.11 Å². The highest BCUT2D eigenvalue weighted by atomic mass is 32.1. The number of rotatable bonds is 4. The van der Waals surface area contributed by atoms with Crippen LogP contribution < -0.4 is 0 Å². The molecule has 0 radical (unpaired) electrons. The average Bonchev–Trinajstić information content (AvgIpc) is 2.87. The topological polar surface area (TPSA) is 20.2 Å². The van der Waals surface area contributed by atoms with E-state index < -0.39 is 0 Å². The summed E-state index contributed by atoms with van der Waals surface area (Å²) in [5, 5.41) is 10.9. The Balaban J connectivity index is 1.76. The van der Waals surface area contributed by atoms with E-state index in [4.69, 9.17) is 5.11 Å². The van der Waals surface area contributed by atoms with Crippen molar-refractivity contribution in [3.8, 4) is 11.8 Å². The molecule has 0 aliphatic carbocycles. The van der Waals surface area contributed by atoms with Gasteiger partial charge in [0, 0.05) is 22.2 Å². The van der Waals surface area contributed by atoms with Crippen molar-refractivity contribution >= 4 is 11.3 Å². The number of unbranched alkanes of at least 4 members (excludes halogenated alkanes) is 1. The van der Waals surface area contributed by atoms with Gasteiger partial charge in [0.05, 0.1) is 6.61 Å². The lowest BCUT2D eigenvalue weighted by atomic mass is 10.1. The number of hydrogen-bond acceptors (Lipinski definition) is 2. The fourth-order valence-electron chi connectivity index (χ4n) is 1.72. The highest BCUT2D eigenvalue weighted by molar-refractivity contribution is 7.10. The van der Waals surface area contributed by atoms with Gasteiger partial charge in [0.1, 0.15) is 0 Å². The second-order valence-electron chi connectivity index (χ2n) is 4.10. The van der Waals surface area contributed by atoms with Gasteiger partial charge in [-0.25, -0.2) is 0 Å². The van der Waals surface area contributed by atoms with Crippen molar-refractivity contribution in [2.45, 2.75) is 25.9 Å². The predicted octanol–water partition coefficient (Wildman–Crippen LogP) is 3.61. The maximum atomic E-state index is 8.95. The Bertz CT molecular complexity index is 531. The highest BCUT2D eigenvalue weighted by Crippen LogP contribution is 2.13. The van der Waals surface area contributed by atoms with Crippen LogP contribution >= 0.6 is 11.3 Å². The van der Waals surface area contributed by atoms with E-state index >= 15 is 0 Å². The number of aryl methyl sites for hydroxylation is 1. The Labute approximate surface area is 112 Å². The molecule has 2 aromatic rings. The molecule has 92 valence electrons. The molecule has 1 N–H and O–H groups in total. The van der Waals surface area contributed by atoms with Gasteiger partial charge in [0.25, 0.3) is 0 Å². The molecule has 0 spiro atoms. The lowest BCUT2D eigenvalue weighted by Gasteiger charge is -1.96. The molecule has 0 aliphatic heterocycles. The second kappa shape index (κ2) is 7.00. The zero-order chi connectivity index (χ0) is 12.6. The Morgan fingerprint density at radius 1 is 1.17 bits per heavy atom. The van der Waals surface area contributed by atoms with Gasteiger partial charge in [-0.3, -0.25) is 0 Å². The summed E-state index contributed by atoms with van der Waals surface area (Å²) in [6.07, 6.45) is 3.09. The molecule has 2 heteroatoms. The Hall–Kier alpha value is -1.56. The highest BCUT2D eigenvalue weighted by Gasteiger charge is 1.94. The van der Waals surface area contributed by atoms with Crippen LogP contribution in [0.15, 0.2) is 41.8 Å². The third-order valence-corrected chi connectivity index (χ3v) is 3.57. The summed E-state index contributed by atoms with van der Waals surface area (Å²) in [5.41, 5.74) is 2.39. The van der Waals surface area contributed by atoms with Crippen molar-refractivity contribution in [2.24, 2.45) is 0 Å². The summed E-state index contributed by atoms with van der Waals surface area (Å²) in [5.74, 6) is 6.32. The van der Waals surface area contributed by atoms with Crippen molar-refractivity contribution < 1.29 is 5.11 Å². The summed E-state index contributed by atoms with van der Waals surface area (Å²) in [4.78, 5) is 0.976. The largest absolute Gasteiger partial charge is 0.391 e. The van der Waals surface area contributed by atoms with E-state index in [-0.39, 0.29) is 6.61 Å². The minimum atomic E-state index is 0.111. The van der Waals surface area contributed by atoms with Crippen molar-refractivity contribution in [1.29, 1.82) is 0 Å². The van der Waals surface area contributed by atoms with Gasteiger partial charge in [-0.1, -0.05) is 42.2 Å². The normalized spacial score (nSPS) is 9.83. The van der Waals surface area contributed by atoms with E-state index in [9.17, 15) is 0 Å². The summed E-state index contributed by atoms with van der Waals surface area (Å²) in [6.45, 7) is 0.111. The Kier molecular flexibility index (Phi) is 5.01. The molecular formula is C16H16OS. The Morgan fingerprint density at radius 3 is 2.72 bits per heavy atom. The van der Waals surface area contributed by atoms with Crippen LogP contribution in [0, 0.1) is 11.8 Å². The molecule has 0 aliphatic rings. The molecule has 1 heterocycles. The van der Waals surface area contributed by atoms with E-state index in [1.807, 2.05) is 17.5 Å².